The average molecular weight is 1600 g/mol. The number of primary amides is 1. The number of aromatic nitrogens is 6. The lowest BCUT2D eigenvalue weighted by Gasteiger charge is -2.27. The Labute approximate surface area is 662 Å². The number of benzene rings is 5. The number of hydrogen-bond acceptors (Lipinski definition) is 16. The smallest absolute Gasteiger partial charge is 0.420 e. The predicted octanol–water partition coefficient (Wildman–Crippen LogP) is 12.4. The highest BCUT2D eigenvalue weighted by molar-refractivity contribution is 7.14. The maximum Gasteiger partial charge on any atom is 0.420 e. The molecular formula is C83H82F9N15O7S. The van der Waals surface area contributed by atoms with Crippen molar-refractivity contribution in [1.29, 1.82) is 0 Å². The molecule has 0 bridgehead atoms. The number of likely N-dealkylation sites (tertiary alicyclic amines) is 2. The Morgan fingerprint density at radius 1 is 0.583 bits per heavy atom. The van der Waals surface area contributed by atoms with Gasteiger partial charge in [0.2, 0.25) is 0 Å². The van der Waals surface area contributed by atoms with E-state index >= 15 is 0 Å². The van der Waals surface area contributed by atoms with Gasteiger partial charge in [0.05, 0.1) is 59.7 Å². The van der Waals surface area contributed by atoms with Crippen LogP contribution in [0, 0.1) is 49.4 Å². The molecule has 9 aromatic rings. The van der Waals surface area contributed by atoms with Crippen molar-refractivity contribution in [2.75, 3.05) is 95.7 Å². The number of carbonyl (C=O) groups is 5. The fourth-order valence-corrected chi connectivity index (χ4v) is 13.2. The lowest BCUT2D eigenvalue weighted by Crippen LogP contribution is -2.36. The van der Waals surface area contributed by atoms with Crippen LogP contribution in [-0.4, -0.2) is 170 Å². The van der Waals surface area contributed by atoms with E-state index in [4.69, 9.17) is 15.2 Å². The first kappa shape index (κ1) is 84.2. The molecule has 13 rings (SSSR count). The highest BCUT2D eigenvalue weighted by atomic mass is 32.1. The summed E-state index contributed by atoms with van der Waals surface area (Å²) in [6.07, 6.45) is -1.16. The molecule has 5 aromatic carbocycles. The monoisotopic (exact) mass is 1600 g/mol. The summed E-state index contributed by atoms with van der Waals surface area (Å²) in [5.74, 6) is 15.1. The second-order valence-corrected chi connectivity index (χ2v) is 29.1. The van der Waals surface area contributed by atoms with Gasteiger partial charge in [-0.05, 0) is 198 Å². The van der Waals surface area contributed by atoms with Gasteiger partial charge in [-0.3, -0.25) is 38.7 Å². The number of nitrogens with two attached hydrogens (primary N) is 1. The molecule has 1 saturated carbocycles. The van der Waals surface area contributed by atoms with Crippen molar-refractivity contribution in [2.45, 2.75) is 89.7 Å². The molecule has 0 radical (unpaired) electrons. The molecule has 4 aliphatic rings. The quantitative estimate of drug-likeness (QED) is 0.0396. The number of nitrogens with one attached hydrogen (secondary N) is 4. The van der Waals surface area contributed by atoms with E-state index in [1.165, 1.54) is 67.1 Å². The molecule has 7 heterocycles. The number of morpholine rings is 1. The number of ether oxygens (including phenoxy) is 2. The summed E-state index contributed by atoms with van der Waals surface area (Å²) in [6.45, 7) is 10.2. The molecule has 3 aliphatic heterocycles. The number of anilines is 3. The number of imidazole rings is 2. The van der Waals surface area contributed by atoms with E-state index in [1.807, 2.05) is 44.8 Å². The van der Waals surface area contributed by atoms with Crippen LogP contribution in [0.2, 0.25) is 0 Å². The first-order chi connectivity index (χ1) is 54.8. The Hall–Kier alpha value is -11.7. The van der Waals surface area contributed by atoms with E-state index in [-0.39, 0.29) is 98.8 Å². The van der Waals surface area contributed by atoms with Crippen LogP contribution in [0.4, 0.5) is 56.6 Å². The topological polar surface area (TPSA) is 252 Å². The molecule has 4 fully saturated rings. The van der Waals surface area contributed by atoms with Crippen molar-refractivity contribution in [3.05, 3.63) is 234 Å². The van der Waals surface area contributed by atoms with Gasteiger partial charge in [0, 0.05) is 123 Å². The minimum Gasteiger partial charge on any atom is -0.492 e. The van der Waals surface area contributed by atoms with Crippen LogP contribution >= 0.6 is 11.3 Å². The number of thiazole rings is 1. The summed E-state index contributed by atoms with van der Waals surface area (Å²) in [6, 6.07) is 24.6. The van der Waals surface area contributed by atoms with E-state index in [2.05, 4.69) is 86.5 Å². The maximum absolute atomic E-state index is 13.9. The van der Waals surface area contributed by atoms with Crippen molar-refractivity contribution in [2.24, 2.45) is 19.8 Å². The number of nitrogens with zero attached hydrogens (tertiary/aromatic N) is 10. The molecular weight excluding hydrogens is 1520 g/mol. The van der Waals surface area contributed by atoms with Gasteiger partial charge in [-0.2, -0.15) is 39.5 Å². The van der Waals surface area contributed by atoms with Crippen LogP contribution in [0.3, 0.4) is 0 Å². The number of pyridine rings is 1. The Morgan fingerprint density at radius 3 is 1.67 bits per heavy atom. The number of likely N-dealkylation sites (N-methyl/N-ethyl adjacent to an activating group) is 1. The molecule has 1 aliphatic carbocycles. The number of aryl methyl sites for hydroxylation is 3. The maximum atomic E-state index is 13.9. The first-order valence-corrected chi connectivity index (χ1v) is 37.5. The van der Waals surface area contributed by atoms with Crippen molar-refractivity contribution >= 4 is 57.9 Å². The first-order valence-electron chi connectivity index (χ1n) is 36.7. The minimum absolute atomic E-state index is 0.0299. The zero-order valence-corrected chi connectivity index (χ0v) is 64.4. The molecule has 600 valence electrons. The summed E-state index contributed by atoms with van der Waals surface area (Å²) in [4.78, 5) is 87.0. The van der Waals surface area contributed by atoms with Crippen LogP contribution in [0.15, 0.2) is 134 Å². The van der Waals surface area contributed by atoms with Gasteiger partial charge in [0.15, 0.2) is 10.8 Å². The normalized spacial score (nSPS) is 15.1. The summed E-state index contributed by atoms with van der Waals surface area (Å²) < 4.78 is 139. The number of alkyl halides is 9. The van der Waals surface area contributed by atoms with Crippen molar-refractivity contribution in [3.8, 4) is 41.3 Å². The summed E-state index contributed by atoms with van der Waals surface area (Å²) >= 11 is 1.02. The third-order valence-electron chi connectivity index (χ3n) is 19.2. The van der Waals surface area contributed by atoms with Crippen molar-refractivity contribution in [1.82, 2.24) is 54.0 Å². The van der Waals surface area contributed by atoms with Crippen LogP contribution in [0.5, 0.6) is 5.75 Å². The van der Waals surface area contributed by atoms with Crippen molar-refractivity contribution < 1.29 is 73.0 Å². The van der Waals surface area contributed by atoms with Gasteiger partial charge in [0.25, 0.3) is 29.5 Å². The Kier molecular flexibility index (Phi) is 27.5. The Morgan fingerprint density at radius 2 is 1.14 bits per heavy atom. The number of hydrogen-bond donors (Lipinski definition) is 5. The SMILES string of the molecule is CN(C)[C@H]1CCN(Cc2ccc(NC(=O)c3ccnc(C#Cc4cnc(C(N)=O)s4)c3)cc2C(F)(F)F)C1.Cc1ccc(C(=O)Nc2ccc(CN3CCOCC3)c(C(F)(F)F)c2)cc1C#Cc1cnc(C(=O)NC2CC2)n1C.Cc1ccc(C(=O)Nc2ccc(OCCN3CCCC3)c(C(F)(F)F)c2)cc1C#Cc1cncn1C. The zero-order chi connectivity index (χ0) is 82.3. The van der Waals surface area contributed by atoms with Gasteiger partial charge in [-0.1, -0.05) is 36.1 Å². The largest absolute Gasteiger partial charge is 0.492 e. The lowest BCUT2D eigenvalue weighted by molar-refractivity contribution is -0.139. The second-order valence-electron chi connectivity index (χ2n) is 28.0. The van der Waals surface area contributed by atoms with Gasteiger partial charge < -0.3 is 50.5 Å². The molecule has 32 heteroatoms. The molecule has 0 spiro atoms. The van der Waals surface area contributed by atoms with Gasteiger partial charge in [-0.25, -0.2) is 19.9 Å². The van der Waals surface area contributed by atoms with E-state index in [0.29, 0.717) is 72.8 Å². The fourth-order valence-electron chi connectivity index (χ4n) is 12.5. The average Bonchev–Trinajstić information content (AvgIpc) is 1.46. The molecule has 3 saturated heterocycles. The number of amides is 5. The molecule has 4 aromatic heterocycles. The number of rotatable bonds is 18. The summed E-state index contributed by atoms with van der Waals surface area (Å²) in [5, 5.41) is 10.7. The van der Waals surface area contributed by atoms with E-state index < -0.39 is 58.8 Å². The van der Waals surface area contributed by atoms with Gasteiger partial charge in [-0.15, -0.1) is 11.3 Å². The van der Waals surface area contributed by atoms with Gasteiger partial charge in [0.1, 0.15) is 29.4 Å². The number of carbonyl (C=O) groups excluding carboxylic acids is 5. The zero-order valence-electron chi connectivity index (χ0n) is 63.6. The molecule has 0 unspecified atom stereocenters. The fraction of sp³-hybridized carbons (Fsp3) is 0.337. The standard InChI is InChI=1S/C30H30F3N5O3.C27H27F3N4O2.C26H25F3N6O2S/c1-19-3-4-21(15-20(19)6-10-25-17-34-27(37(25)2)29(40)35-23-8-9-23)28(39)36-24-7-5-22(26(16-24)30(31,32)33)18-38-11-13-41-14-12-38;1-19-5-6-21(15-20(19)7-9-23-17-31-18-33(23)2)26(35)32-22-8-10-25(24(16-22)27(28,29)30)36-14-13-34-11-3-4-12-34;1-34(2)20-8-10-35(15-20)14-17-3-4-19(12-22(17)26(27,28)29)33-24(37)16-7-9-31-18(11-16)5-6-21-13-32-25(38-21)23(30)36/h3-5,7,15-17,23H,8-9,11-14,18H2,1-2H3,(H,35,40)(H,36,39);5-6,8,10,15-18H,3-4,11-14H2,1-2H3,(H,32,35);3-4,7,9,11-13,20H,8,10,14-15H2,1-2H3,(H2,30,36)(H,33,37)/t;;20-/m..0/s1. The predicted molar refractivity (Wildman–Crippen MR) is 415 cm³/mol. The summed E-state index contributed by atoms with van der Waals surface area (Å²) in [7, 11) is 7.46. The van der Waals surface area contributed by atoms with E-state index in [9.17, 15) is 63.5 Å². The van der Waals surface area contributed by atoms with E-state index in [0.717, 1.165) is 92.4 Å². The lowest BCUT2D eigenvalue weighted by atomic mass is 10.0. The Bertz CT molecular complexity index is 5260. The summed E-state index contributed by atoms with van der Waals surface area (Å²) in [5.41, 5.74) is 8.24. The van der Waals surface area contributed by atoms with Crippen molar-refractivity contribution in [3.63, 3.8) is 0 Å². The van der Waals surface area contributed by atoms with Crippen LogP contribution < -0.4 is 31.7 Å². The van der Waals surface area contributed by atoms with E-state index in [1.54, 1.807) is 65.1 Å². The molecule has 22 nitrogen and oxygen atoms in total. The molecule has 115 heavy (non-hydrogen) atoms. The highest BCUT2D eigenvalue weighted by Gasteiger charge is 2.38. The highest BCUT2D eigenvalue weighted by Crippen LogP contribution is 2.40. The van der Waals surface area contributed by atoms with Crippen LogP contribution in [-0.2, 0) is 50.5 Å². The Balaban J connectivity index is 0.000000170. The molecule has 1 atom stereocenters. The second kappa shape index (κ2) is 37.5. The minimum atomic E-state index is -4.62. The molecule has 6 N–H and O–H groups in total. The van der Waals surface area contributed by atoms with Crippen LogP contribution in [0.25, 0.3) is 0 Å². The third kappa shape index (κ3) is 23.5. The molecule has 5 amide bonds. The van der Waals surface area contributed by atoms with Crippen LogP contribution in [0.1, 0.15) is 156 Å². The number of halogens is 9. The third-order valence-corrected chi connectivity index (χ3v) is 20.2. The van der Waals surface area contributed by atoms with Gasteiger partial charge >= 0.3 is 18.5 Å².